The second-order valence-corrected chi connectivity index (χ2v) is 6.70. The highest BCUT2D eigenvalue weighted by Gasteiger charge is 2.15. The third-order valence-electron chi connectivity index (χ3n) is 4.18. The summed E-state index contributed by atoms with van der Waals surface area (Å²) < 4.78 is 4.69. The van der Waals surface area contributed by atoms with Gasteiger partial charge in [-0.2, -0.15) is 0 Å². The second kappa shape index (κ2) is 11.6. The minimum absolute atomic E-state index is 0.120. The fraction of sp³-hybridized carbons (Fsp3) is 0.600. The first-order valence-corrected chi connectivity index (χ1v) is 8.97. The van der Waals surface area contributed by atoms with Crippen molar-refractivity contribution in [3.8, 4) is 0 Å². The molecule has 5 heteroatoms. The maximum atomic E-state index is 12.5. The van der Waals surface area contributed by atoms with Crippen molar-refractivity contribution >= 4 is 11.9 Å². The number of esters is 1. The highest BCUT2D eigenvalue weighted by atomic mass is 16.5. The van der Waals surface area contributed by atoms with Crippen LogP contribution in [0.3, 0.4) is 0 Å². The Morgan fingerprint density at radius 3 is 2.24 bits per heavy atom. The maximum absolute atomic E-state index is 12.5. The van der Waals surface area contributed by atoms with Crippen molar-refractivity contribution in [2.75, 3.05) is 40.8 Å². The molecule has 0 aliphatic rings. The van der Waals surface area contributed by atoms with Gasteiger partial charge in [0.15, 0.2) is 0 Å². The van der Waals surface area contributed by atoms with Gasteiger partial charge in [-0.15, -0.1) is 0 Å². The molecule has 1 amide bonds. The number of carbonyl (C=O) groups excluding carboxylic acids is 2. The Morgan fingerprint density at radius 2 is 1.64 bits per heavy atom. The molecule has 0 N–H and O–H groups in total. The largest absolute Gasteiger partial charge is 0.469 e. The third kappa shape index (κ3) is 9.25. The summed E-state index contributed by atoms with van der Waals surface area (Å²) in [7, 11) is 5.41. The van der Waals surface area contributed by atoms with Crippen molar-refractivity contribution in [1.29, 1.82) is 0 Å². The summed E-state index contributed by atoms with van der Waals surface area (Å²) in [5.41, 5.74) is 2.50. The minimum atomic E-state index is -0.273. The molecule has 1 aromatic carbocycles. The topological polar surface area (TPSA) is 49.9 Å². The van der Waals surface area contributed by atoms with Crippen molar-refractivity contribution in [3.63, 3.8) is 0 Å². The van der Waals surface area contributed by atoms with E-state index < -0.39 is 0 Å². The minimum Gasteiger partial charge on any atom is -0.469 e. The first-order chi connectivity index (χ1) is 11.9. The van der Waals surface area contributed by atoms with Crippen LogP contribution in [0.25, 0.3) is 0 Å². The number of nitrogens with zero attached hydrogens (tertiary/aromatic N) is 2. The van der Waals surface area contributed by atoms with Crippen LogP contribution in [0.4, 0.5) is 0 Å². The third-order valence-corrected chi connectivity index (χ3v) is 4.18. The second-order valence-electron chi connectivity index (χ2n) is 6.70. The summed E-state index contributed by atoms with van der Waals surface area (Å²) in [4.78, 5) is 27.8. The molecule has 0 aliphatic carbocycles. The Hall–Kier alpha value is -1.88. The van der Waals surface area contributed by atoms with Crippen molar-refractivity contribution in [2.45, 2.75) is 39.0 Å². The van der Waals surface area contributed by atoms with Gasteiger partial charge in [0.2, 0.25) is 5.91 Å². The molecule has 0 unspecified atom stereocenters. The Morgan fingerprint density at radius 1 is 0.960 bits per heavy atom. The zero-order valence-electron chi connectivity index (χ0n) is 16.1. The van der Waals surface area contributed by atoms with Gasteiger partial charge in [-0.3, -0.25) is 9.59 Å². The normalized spacial score (nSPS) is 10.8. The van der Waals surface area contributed by atoms with E-state index in [4.69, 9.17) is 0 Å². The first-order valence-electron chi connectivity index (χ1n) is 8.97. The van der Waals surface area contributed by atoms with Crippen molar-refractivity contribution < 1.29 is 14.3 Å². The lowest BCUT2D eigenvalue weighted by Crippen LogP contribution is -2.35. The van der Waals surface area contributed by atoms with E-state index in [0.717, 1.165) is 25.8 Å². The fourth-order valence-electron chi connectivity index (χ4n) is 2.62. The van der Waals surface area contributed by atoms with Gasteiger partial charge in [0.1, 0.15) is 0 Å². The molecule has 0 saturated heterocycles. The van der Waals surface area contributed by atoms with E-state index >= 15 is 0 Å². The highest BCUT2D eigenvalue weighted by molar-refractivity contribution is 5.77. The molecule has 0 heterocycles. The van der Waals surface area contributed by atoms with Crippen molar-refractivity contribution in [1.82, 2.24) is 9.80 Å². The maximum Gasteiger partial charge on any atom is 0.307 e. The van der Waals surface area contributed by atoms with E-state index in [1.54, 1.807) is 4.90 Å². The molecule has 0 spiro atoms. The zero-order valence-corrected chi connectivity index (χ0v) is 16.1. The summed E-state index contributed by atoms with van der Waals surface area (Å²) >= 11 is 0. The molecule has 25 heavy (non-hydrogen) atoms. The average Bonchev–Trinajstić information content (AvgIpc) is 2.58. The zero-order chi connectivity index (χ0) is 18.7. The fourth-order valence-corrected chi connectivity index (χ4v) is 2.62. The smallest absolute Gasteiger partial charge is 0.307 e. The highest BCUT2D eigenvalue weighted by Crippen LogP contribution is 2.09. The van der Waals surface area contributed by atoms with Gasteiger partial charge in [0.25, 0.3) is 0 Å². The van der Waals surface area contributed by atoms with Crippen LogP contribution in [0, 0.1) is 6.92 Å². The van der Waals surface area contributed by atoms with Gasteiger partial charge in [-0.25, -0.2) is 0 Å². The van der Waals surface area contributed by atoms with Crippen LogP contribution in [-0.4, -0.2) is 62.5 Å². The summed E-state index contributed by atoms with van der Waals surface area (Å²) in [6.45, 7) is 4.10. The van der Waals surface area contributed by atoms with Crippen molar-refractivity contribution in [3.05, 3.63) is 35.4 Å². The lowest BCUT2D eigenvalue weighted by atomic mass is 10.1. The number of hydrogen-bond donors (Lipinski definition) is 0. The number of benzene rings is 1. The molecule has 0 atom stereocenters. The Labute approximate surface area is 151 Å². The molecule has 0 radical (unpaired) electrons. The molecule has 5 nitrogen and oxygen atoms in total. The number of amides is 1. The lowest BCUT2D eigenvalue weighted by molar-refractivity contribution is -0.141. The van der Waals surface area contributed by atoms with E-state index in [-0.39, 0.29) is 18.3 Å². The SMILES string of the molecule is COC(=O)CCN(CCCN(C)C)C(=O)CCCc1ccc(C)cc1. The van der Waals surface area contributed by atoms with E-state index in [0.29, 0.717) is 19.5 Å². The van der Waals surface area contributed by atoms with Gasteiger partial charge in [-0.1, -0.05) is 29.8 Å². The summed E-state index contributed by atoms with van der Waals surface area (Å²) in [5, 5.41) is 0. The molecular formula is C20H32N2O3. The van der Waals surface area contributed by atoms with Gasteiger partial charge in [0, 0.05) is 19.5 Å². The standard InChI is InChI=1S/C20H32N2O3/c1-17-9-11-18(12-10-17)7-5-8-19(23)22(15-6-14-21(2)3)16-13-20(24)25-4/h9-12H,5-8,13-16H2,1-4H3. The van der Waals surface area contributed by atoms with Crippen molar-refractivity contribution in [2.24, 2.45) is 0 Å². The van der Waals surface area contributed by atoms with Gasteiger partial charge < -0.3 is 14.5 Å². The molecule has 1 aromatic rings. The van der Waals surface area contributed by atoms with Crippen LogP contribution < -0.4 is 0 Å². The lowest BCUT2D eigenvalue weighted by Gasteiger charge is -2.23. The monoisotopic (exact) mass is 348 g/mol. The van der Waals surface area contributed by atoms with Crippen LogP contribution in [0.1, 0.15) is 36.8 Å². The number of aryl methyl sites for hydroxylation is 2. The van der Waals surface area contributed by atoms with Crippen LogP contribution in [0.15, 0.2) is 24.3 Å². The van der Waals surface area contributed by atoms with E-state index in [2.05, 4.69) is 40.8 Å². The van der Waals surface area contributed by atoms with Crippen LogP contribution in [0.5, 0.6) is 0 Å². The number of hydrogen-bond acceptors (Lipinski definition) is 4. The van der Waals surface area contributed by atoms with E-state index in [1.165, 1.54) is 18.2 Å². The van der Waals surface area contributed by atoms with Gasteiger partial charge in [-0.05, 0) is 52.4 Å². The number of methoxy groups -OCH3 is 1. The Kier molecular flexibility index (Phi) is 9.85. The molecule has 0 aliphatic heterocycles. The molecule has 1 rings (SSSR count). The summed E-state index contributed by atoms with van der Waals surface area (Å²) in [6.07, 6.45) is 3.38. The number of ether oxygens (including phenoxy) is 1. The summed E-state index contributed by atoms with van der Waals surface area (Å²) in [5.74, 6) is -0.153. The number of rotatable bonds is 11. The number of carbonyl (C=O) groups is 2. The molecule has 0 saturated carbocycles. The quantitative estimate of drug-likeness (QED) is 0.577. The predicted octanol–water partition coefficient (Wildman–Crippen LogP) is 2.66. The Bertz CT molecular complexity index is 526. The molecule has 0 bridgehead atoms. The van der Waals surface area contributed by atoms with E-state index in [9.17, 15) is 9.59 Å². The van der Waals surface area contributed by atoms with Crippen LogP contribution in [0.2, 0.25) is 0 Å². The first kappa shape index (κ1) is 21.2. The van der Waals surface area contributed by atoms with Crippen LogP contribution >= 0.6 is 0 Å². The molecular weight excluding hydrogens is 316 g/mol. The molecule has 0 aromatic heterocycles. The average molecular weight is 348 g/mol. The molecule has 0 fully saturated rings. The van der Waals surface area contributed by atoms with Gasteiger partial charge in [0.05, 0.1) is 13.5 Å². The Balaban J connectivity index is 2.45. The molecule has 140 valence electrons. The van der Waals surface area contributed by atoms with Crippen LogP contribution in [-0.2, 0) is 20.7 Å². The van der Waals surface area contributed by atoms with E-state index in [1.807, 2.05) is 14.1 Å². The predicted molar refractivity (Wildman–Crippen MR) is 101 cm³/mol. The van der Waals surface area contributed by atoms with Gasteiger partial charge >= 0.3 is 5.97 Å². The summed E-state index contributed by atoms with van der Waals surface area (Å²) in [6, 6.07) is 8.43.